The van der Waals surface area contributed by atoms with Gasteiger partial charge < -0.3 is 9.84 Å². The van der Waals surface area contributed by atoms with E-state index < -0.39 is 0 Å². The third-order valence-corrected chi connectivity index (χ3v) is 2.75. The molecule has 3 heteroatoms. The number of hydrogen-bond donors (Lipinski definition) is 1. The van der Waals surface area contributed by atoms with Crippen LogP contribution in [0.3, 0.4) is 0 Å². The summed E-state index contributed by atoms with van der Waals surface area (Å²) < 4.78 is 5.29. The van der Waals surface area contributed by atoms with Crippen LogP contribution in [0.25, 0.3) is 0 Å². The molecule has 1 aromatic rings. The van der Waals surface area contributed by atoms with E-state index in [0.29, 0.717) is 0 Å². The van der Waals surface area contributed by atoms with Crippen molar-refractivity contribution in [2.75, 3.05) is 27.4 Å². The number of aliphatic hydroxyl groups is 1. The lowest BCUT2D eigenvalue weighted by Crippen LogP contribution is -2.21. The summed E-state index contributed by atoms with van der Waals surface area (Å²) in [6.45, 7) is 3.10. The summed E-state index contributed by atoms with van der Waals surface area (Å²) in [5.74, 6) is 0.960. The molecule has 0 amide bonds. The first-order valence-electron chi connectivity index (χ1n) is 5.66. The number of benzene rings is 1. The first kappa shape index (κ1) is 13.0. The minimum atomic E-state index is 0.108. The van der Waals surface area contributed by atoms with Gasteiger partial charge in [-0.1, -0.05) is 19.1 Å². The monoisotopic (exact) mass is 223 g/mol. The van der Waals surface area contributed by atoms with E-state index in [1.54, 1.807) is 7.11 Å². The topological polar surface area (TPSA) is 32.7 Å². The van der Waals surface area contributed by atoms with Crippen molar-refractivity contribution < 1.29 is 9.84 Å². The van der Waals surface area contributed by atoms with Crippen LogP contribution in [0.4, 0.5) is 0 Å². The second-order valence-corrected chi connectivity index (χ2v) is 3.97. The third-order valence-electron chi connectivity index (χ3n) is 2.75. The number of aryl methyl sites for hydroxylation is 1. The summed E-state index contributed by atoms with van der Waals surface area (Å²) in [5.41, 5.74) is 2.53. The highest BCUT2D eigenvalue weighted by Gasteiger charge is 2.03. The highest BCUT2D eigenvalue weighted by atomic mass is 16.5. The molecule has 3 nitrogen and oxygen atoms in total. The molecule has 1 N–H and O–H groups in total. The van der Waals surface area contributed by atoms with Gasteiger partial charge in [0.2, 0.25) is 0 Å². The lowest BCUT2D eigenvalue weighted by Gasteiger charge is -2.14. The molecule has 0 aliphatic heterocycles. The standard InChI is InChI=1S/C13H21NO2/c1-4-12-9-11(5-6-13(12)16-3)7-8-14(2)10-15/h5-6,9,15H,4,7-8,10H2,1-3H3. The maximum absolute atomic E-state index is 8.90. The Hall–Kier alpha value is -1.06. The van der Waals surface area contributed by atoms with Crippen LogP contribution in [0.2, 0.25) is 0 Å². The minimum absolute atomic E-state index is 0.108. The summed E-state index contributed by atoms with van der Waals surface area (Å²) in [4.78, 5) is 1.88. The summed E-state index contributed by atoms with van der Waals surface area (Å²) >= 11 is 0. The van der Waals surface area contributed by atoms with E-state index in [1.807, 2.05) is 18.0 Å². The molecule has 0 unspecified atom stereocenters. The van der Waals surface area contributed by atoms with E-state index in [-0.39, 0.29) is 6.73 Å². The van der Waals surface area contributed by atoms with Crippen molar-refractivity contribution in [2.24, 2.45) is 0 Å². The van der Waals surface area contributed by atoms with Gasteiger partial charge >= 0.3 is 0 Å². The third kappa shape index (κ3) is 3.51. The Balaban J connectivity index is 2.67. The summed E-state index contributed by atoms with van der Waals surface area (Å²) in [6, 6.07) is 6.29. The fraction of sp³-hybridized carbons (Fsp3) is 0.538. The molecule has 0 atom stereocenters. The number of ether oxygens (including phenoxy) is 1. The van der Waals surface area contributed by atoms with Crippen LogP contribution in [-0.4, -0.2) is 37.4 Å². The Bertz CT molecular complexity index is 326. The smallest absolute Gasteiger partial charge is 0.122 e. The van der Waals surface area contributed by atoms with Crippen LogP contribution in [0.1, 0.15) is 18.1 Å². The zero-order valence-corrected chi connectivity index (χ0v) is 10.4. The molecule has 0 fully saturated rings. The number of likely N-dealkylation sites (N-methyl/N-ethyl adjacent to an activating group) is 1. The molecule has 90 valence electrons. The molecule has 0 bridgehead atoms. The number of rotatable bonds is 6. The maximum atomic E-state index is 8.90. The Morgan fingerprint density at radius 3 is 2.69 bits per heavy atom. The summed E-state index contributed by atoms with van der Waals surface area (Å²) in [7, 11) is 3.61. The number of nitrogens with zero attached hydrogens (tertiary/aromatic N) is 1. The van der Waals surface area contributed by atoms with E-state index >= 15 is 0 Å². The van der Waals surface area contributed by atoms with Gasteiger partial charge in [0.1, 0.15) is 5.75 Å². The molecular weight excluding hydrogens is 202 g/mol. The van der Waals surface area contributed by atoms with Gasteiger partial charge in [0.15, 0.2) is 0 Å². The van der Waals surface area contributed by atoms with Crippen LogP contribution in [-0.2, 0) is 12.8 Å². The predicted octanol–water partition coefficient (Wildman–Crippen LogP) is 1.68. The van der Waals surface area contributed by atoms with Crippen molar-refractivity contribution in [1.82, 2.24) is 4.90 Å². The van der Waals surface area contributed by atoms with Crippen molar-refractivity contribution in [3.05, 3.63) is 29.3 Å². The van der Waals surface area contributed by atoms with E-state index in [4.69, 9.17) is 9.84 Å². The van der Waals surface area contributed by atoms with E-state index in [2.05, 4.69) is 19.1 Å². The average Bonchev–Trinajstić information content (AvgIpc) is 2.35. The lowest BCUT2D eigenvalue weighted by atomic mass is 10.1. The largest absolute Gasteiger partial charge is 0.496 e. The molecule has 0 aliphatic carbocycles. The second kappa shape index (κ2) is 6.51. The van der Waals surface area contributed by atoms with Crippen LogP contribution < -0.4 is 4.74 Å². The first-order chi connectivity index (χ1) is 7.71. The van der Waals surface area contributed by atoms with Gasteiger partial charge in [0.25, 0.3) is 0 Å². The zero-order chi connectivity index (χ0) is 12.0. The van der Waals surface area contributed by atoms with Gasteiger partial charge in [-0.3, -0.25) is 4.90 Å². The molecule has 1 rings (SSSR count). The van der Waals surface area contributed by atoms with Gasteiger partial charge in [0, 0.05) is 6.54 Å². The van der Waals surface area contributed by atoms with Gasteiger partial charge in [-0.2, -0.15) is 0 Å². The molecule has 0 saturated heterocycles. The van der Waals surface area contributed by atoms with E-state index in [0.717, 1.165) is 25.1 Å². The molecule has 0 saturated carbocycles. The fourth-order valence-corrected chi connectivity index (χ4v) is 1.65. The molecule has 0 spiro atoms. The summed E-state index contributed by atoms with van der Waals surface area (Å²) in [6.07, 6.45) is 1.93. The van der Waals surface area contributed by atoms with Crippen molar-refractivity contribution in [3.8, 4) is 5.75 Å². The Labute approximate surface area is 97.7 Å². The lowest BCUT2D eigenvalue weighted by molar-refractivity contribution is 0.134. The van der Waals surface area contributed by atoms with E-state index in [1.165, 1.54) is 11.1 Å². The van der Waals surface area contributed by atoms with Crippen LogP contribution in [0, 0.1) is 0 Å². The van der Waals surface area contributed by atoms with Crippen LogP contribution in [0.15, 0.2) is 18.2 Å². The number of methoxy groups -OCH3 is 1. The van der Waals surface area contributed by atoms with Gasteiger partial charge in [-0.15, -0.1) is 0 Å². The number of aliphatic hydroxyl groups excluding tert-OH is 1. The van der Waals surface area contributed by atoms with Crippen molar-refractivity contribution in [1.29, 1.82) is 0 Å². The fourth-order valence-electron chi connectivity index (χ4n) is 1.65. The number of hydrogen-bond acceptors (Lipinski definition) is 3. The highest BCUT2D eigenvalue weighted by Crippen LogP contribution is 2.20. The Morgan fingerprint density at radius 1 is 1.38 bits per heavy atom. The summed E-state index contributed by atoms with van der Waals surface area (Å²) in [5, 5.41) is 8.90. The van der Waals surface area contributed by atoms with Crippen molar-refractivity contribution in [3.63, 3.8) is 0 Å². The van der Waals surface area contributed by atoms with E-state index in [9.17, 15) is 0 Å². The quantitative estimate of drug-likeness (QED) is 0.745. The van der Waals surface area contributed by atoms with Crippen molar-refractivity contribution >= 4 is 0 Å². The zero-order valence-electron chi connectivity index (χ0n) is 10.4. The minimum Gasteiger partial charge on any atom is -0.496 e. The van der Waals surface area contributed by atoms with Gasteiger partial charge in [-0.25, -0.2) is 0 Å². The van der Waals surface area contributed by atoms with Crippen LogP contribution >= 0.6 is 0 Å². The normalized spacial score (nSPS) is 10.8. The average molecular weight is 223 g/mol. The highest BCUT2D eigenvalue weighted by molar-refractivity contribution is 5.37. The van der Waals surface area contributed by atoms with Crippen LogP contribution in [0.5, 0.6) is 5.75 Å². The molecule has 0 radical (unpaired) electrons. The SMILES string of the molecule is CCc1cc(CCN(C)CO)ccc1OC. The molecule has 16 heavy (non-hydrogen) atoms. The second-order valence-electron chi connectivity index (χ2n) is 3.97. The molecule has 0 aromatic heterocycles. The Morgan fingerprint density at radius 2 is 2.12 bits per heavy atom. The maximum Gasteiger partial charge on any atom is 0.122 e. The first-order valence-corrected chi connectivity index (χ1v) is 5.66. The predicted molar refractivity (Wildman–Crippen MR) is 65.8 cm³/mol. The molecule has 0 heterocycles. The van der Waals surface area contributed by atoms with Gasteiger partial charge in [-0.05, 0) is 37.1 Å². The molecule has 1 aromatic carbocycles. The van der Waals surface area contributed by atoms with Crippen molar-refractivity contribution in [2.45, 2.75) is 19.8 Å². The van der Waals surface area contributed by atoms with Gasteiger partial charge in [0.05, 0.1) is 13.8 Å². The molecular formula is C13H21NO2. The Kier molecular flexibility index (Phi) is 5.29. The molecule has 0 aliphatic rings.